The third-order valence-corrected chi connectivity index (χ3v) is 3.35. The summed E-state index contributed by atoms with van der Waals surface area (Å²) in [5, 5.41) is 2.86. The minimum Gasteiger partial charge on any atom is -0.496 e. The predicted molar refractivity (Wildman–Crippen MR) is 88.0 cm³/mol. The summed E-state index contributed by atoms with van der Waals surface area (Å²) in [6.07, 6.45) is 0. The SMILES string of the molecule is COc1cc(OC)c(OC)cc1CNC(=O)C(C)(C)CN.Cl. The number of hydrogen-bond acceptors (Lipinski definition) is 5. The van der Waals surface area contributed by atoms with Crippen molar-refractivity contribution in [3.05, 3.63) is 17.7 Å². The Morgan fingerprint density at radius 3 is 2.05 bits per heavy atom. The van der Waals surface area contributed by atoms with Gasteiger partial charge in [0.15, 0.2) is 11.5 Å². The molecule has 0 aliphatic rings. The highest BCUT2D eigenvalue weighted by Gasteiger charge is 2.25. The van der Waals surface area contributed by atoms with Crippen LogP contribution in [0.3, 0.4) is 0 Å². The Hall–Kier alpha value is -1.66. The van der Waals surface area contributed by atoms with Crippen LogP contribution in [0.25, 0.3) is 0 Å². The van der Waals surface area contributed by atoms with Crippen LogP contribution >= 0.6 is 12.4 Å². The summed E-state index contributed by atoms with van der Waals surface area (Å²) in [5.74, 6) is 1.67. The second kappa shape index (κ2) is 8.70. The Bertz CT molecular complexity index is 507. The standard InChI is InChI=1S/C15H24N2O4.ClH/c1-15(2,9-16)14(18)17-8-10-6-12(20-4)13(21-5)7-11(10)19-3;/h6-7H,8-9,16H2,1-5H3,(H,17,18);1H. The van der Waals surface area contributed by atoms with Crippen molar-refractivity contribution >= 4 is 18.3 Å². The van der Waals surface area contributed by atoms with Crippen LogP contribution in [0.15, 0.2) is 12.1 Å². The first-order valence-electron chi connectivity index (χ1n) is 6.66. The van der Waals surface area contributed by atoms with Crippen molar-refractivity contribution in [2.45, 2.75) is 20.4 Å². The summed E-state index contributed by atoms with van der Waals surface area (Å²) in [5.41, 5.74) is 5.79. The van der Waals surface area contributed by atoms with Gasteiger partial charge in [0.1, 0.15) is 5.75 Å². The number of amides is 1. The predicted octanol–water partition coefficient (Wildman–Crippen LogP) is 1.74. The molecule has 0 saturated heterocycles. The number of nitrogens with one attached hydrogen (secondary N) is 1. The van der Waals surface area contributed by atoms with Gasteiger partial charge in [-0.25, -0.2) is 0 Å². The van der Waals surface area contributed by atoms with Gasteiger partial charge in [0.25, 0.3) is 0 Å². The Kier molecular flexibility index (Phi) is 8.05. The molecule has 1 rings (SSSR count). The number of nitrogens with two attached hydrogens (primary N) is 1. The van der Waals surface area contributed by atoms with Crippen LogP contribution in [-0.2, 0) is 11.3 Å². The van der Waals surface area contributed by atoms with E-state index < -0.39 is 5.41 Å². The van der Waals surface area contributed by atoms with E-state index in [0.717, 1.165) is 5.56 Å². The summed E-state index contributed by atoms with van der Waals surface area (Å²) in [7, 11) is 4.68. The van der Waals surface area contributed by atoms with Crippen LogP contribution in [-0.4, -0.2) is 33.8 Å². The lowest BCUT2D eigenvalue weighted by molar-refractivity contribution is -0.129. The molecule has 126 valence electrons. The van der Waals surface area contributed by atoms with Gasteiger partial charge in [-0.1, -0.05) is 0 Å². The molecule has 3 N–H and O–H groups in total. The van der Waals surface area contributed by atoms with E-state index >= 15 is 0 Å². The highest BCUT2D eigenvalue weighted by molar-refractivity contribution is 5.85. The number of halogens is 1. The number of benzene rings is 1. The van der Waals surface area contributed by atoms with Crippen molar-refractivity contribution < 1.29 is 19.0 Å². The first kappa shape index (κ1) is 20.3. The lowest BCUT2D eigenvalue weighted by Crippen LogP contribution is -2.41. The summed E-state index contributed by atoms with van der Waals surface area (Å²) in [6, 6.07) is 3.52. The van der Waals surface area contributed by atoms with Crippen LogP contribution in [0.4, 0.5) is 0 Å². The first-order chi connectivity index (χ1) is 9.89. The second-order valence-corrected chi connectivity index (χ2v) is 5.29. The number of carbonyl (C=O) groups is 1. The fraction of sp³-hybridized carbons (Fsp3) is 0.533. The fourth-order valence-corrected chi connectivity index (χ4v) is 1.74. The molecular weight excluding hydrogens is 308 g/mol. The molecule has 0 saturated carbocycles. The van der Waals surface area contributed by atoms with Gasteiger partial charge in [0.05, 0.1) is 26.7 Å². The third-order valence-electron chi connectivity index (χ3n) is 3.35. The summed E-state index contributed by atoms with van der Waals surface area (Å²) >= 11 is 0. The molecule has 22 heavy (non-hydrogen) atoms. The number of rotatable bonds is 7. The lowest BCUT2D eigenvalue weighted by Gasteiger charge is -2.22. The number of ether oxygens (including phenoxy) is 3. The van der Waals surface area contributed by atoms with Gasteiger partial charge in [-0.2, -0.15) is 0 Å². The molecule has 0 aliphatic carbocycles. The molecule has 0 radical (unpaired) electrons. The highest BCUT2D eigenvalue weighted by Crippen LogP contribution is 2.34. The molecule has 0 heterocycles. The van der Waals surface area contributed by atoms with Gasteiger partial charge >= 0.3 is 0 Å². The quantitative estimate of drug-likeness (QED) is 0.794. The van der Waals surface area contributed by atoms with Crippen LogP contribution in [0, 0.1) is 5.41 Å². The van der Waals surface area contributed by atoms with Gasteiger partial charge in [-0.3, -0.25) is 4.79 Å². The van der Waals surface area contributed by atoms with Crippen LogP contribution in [0.1, 0.15) is 19.4 Å². The summed E-state index contributed by atoms with van der Waals surface area (Å²) in [4.78, 5) is 12.1. The molecule has 7 heteroatoms. The largest absolute Gasteiger partial charge is 0.496 e. The topological polar surface area (TPSA) is 82.8 Å². The highest BCUT2D eigenvalue weighted by atomic mass is 35.5. The molecule has 0 atom stereocenters. The van der Waals surface area contributed by atoms with E-state index in [9.17, 15) is 4.79 Å². The maximum atomic E-state index is 12.1. The van der Waals surface area contributed by atoms with Gasteiger partial charge < -0.3 is 25.3 Å². The average molecular weight is 333 g/mol. The van der Waals surface area contributed by atoms with E-state index in [0.29, 0.717) is 23.8 Å². The molecule has 1 amide bonds. The van der Waals surface area contributed by atoms with E-state index in [1.54, 1.807) is 47.3 Å². The van der Waals surface area contributed by atoms with Crippen LogP contribution < -0.4 is 25.3 Å². The van der Waals surface area contributed by atoms with Gasteiger partial charge in [0, 0.05) is 24.7 Å². The molecule has 6 nitrogen and oxygen atoms in total. The first-order valence-corrected chi connectivity index (χ1v) is 6.66. The molecule has 0 fully saturated rings. The molecule has 1 aromatic carbocycles. The van der Waals surface area contributed by atoms with E-state index in [1.807, 2.05) is 0 Å². The Morgan fingerprint density at radius 2 is 1.59 bits per heavy atom. The smallest absolute Gasteiger partial charge is 0.227 e. The second-order valence-electron chi connectivity index (χ2n) is 5.29. The number of carbonyl (C=O) groups excluding carboxylic acids is 1. The van der Waals surface area contributed by atoms with Gasteiger partial charge in [-0.05, 0) is 19.9 Å². The van der Waals surface area contributed by atoms with Crippen molar-refractivity contribution in [1.29, 1.82) is 0 Å². The van der Waals surface area contributed by atoms with Crippen molar-refractivity contribution in [3.8, 4) is 17.2 Å². The Balaban J connectivity index is 0.00000441. The zero-order valence-electron chi connectivity index (χ0n) is 13.7. The minimum atomic E-state index is -0.607. The number of hydrogen-bond donors (Lipinski definition) is 2. The zero-order valence-corrected chi connectivity index (χ0v) is 14.5. The molecule has 0 bridgehead atoms. The molecule has 0 aromatic heterocycles. The summed E-state index contributed by atoms with van der Waals surface area (Å²) < 4.78 is 15.8. The molecule has 0 aliphatic heterocycles. The van der Waals surface area contributed by atoms with E-state index in [-0.39, 0.29) is 24.9 Å². The van der Waals surface area contributed by atoms with Crippen molar-refractivity contribution in [2.24, 2.45) is 11.1 Å². The third kappa shape index (κ3) is 4.68. The average Bonchev–Trinajstić information content (AvgIpc) is 2.51. The van der Waals surface area contributed by atoms with Crippen LogP contribution in [0.5, 0.6) is 17.2 Å². The van der Waals surface area contributed by atoms with Gasteiger partial charge in [-0.15, -0.1) is 12.4 Å². The van der Waals surface area contributed by atoms with Crippen molar-refractivity contribution in [1.82, 2.24) is 5.32 Å². The maximum absolute atomic E-state index is 12.1. The maximum Gasteiger partial charge on any atom is 0.227 e. The van der Waals surface area contributed by atoms with Crippen molar-refractivity contribution in [3.63, 3.8) is 0 Å². The van der Waals surface area contributed by atoms with E-state index in [2.05, 4.69) is 5.32 Å². The van der Waals surface area contributed by atoms with Gasteiger partial charge in [0.2, 0.25) is 5.91 Å². The van der Waals surface area contributed by atoms with Crippen molar-refractivity contribution in [2.75, 3.05) is 27.9 Å². The molecule has 1 aromatic rings. The number of methoxy groups -OCH3 is 3. The molecular formula is C15H25ClN2O4. The minimum absolute atomic E-state index is 0. The van der Waals surface area contributed by atoms with E-state index in [1.165, 1.54) is 0 Å². The normalized spacial score (nSPS) is 10.5. The Morgan fingerprint density at radius 1 is 1.09 bits per heavy atom. The van der Waals surface area contributed by atoms with E-state index in [4.69, 9.17) is 19.9 Å². The zero-order chi connectivity index (χ0) is 16.0. The monoisotopic (exact) mass is 332 g/mol. The fourth-order valence-electron chi connectivity index (χ4n) is 1.74. The molecule has 0 unspecified atom stereocenters. The van der Waals surface area contributed by atoms with Crippen LogP contribution in [0.2, 0.25) is 0 Å². The molecule has 0 spiro atoms. The lowest BCUT2D eigenvalue weighted by atomic mass is 9.92. The summed E-state index contributed by atoms with van der Waals surface area (Å²) in [6.45, 7) is 4.20. The Labute approximate surface area is 137 Å².